The average Bonchev–Trinajstić information content (AvgIpc) is 2.69. The highest BCUT2D eigenvalue weighted by Crippen LogP contribution is 2.60. The van der Waals surface area contributed by atoms with Crippen LogP contribution in [0.15, 0.2) is 30.3 Å². The predicted octanol–water partition coefficient (Wildman–Crippen LogP) is 4.13. The smallest absolute Gasteiger partial charge is 0.116 e. The quantitative estimate of drug-likeness (QED) is 0.763. The predicted molar refractivity (Wildman–Crippen MR) is 84.6 cm³/mol. The van der Waals surface area contributed by atoms with Crippen molar-refractivity contribution in [3.8, 4) is 5.75 Å². The zero-order chi connectivity index (χ0) is 14.8. The Balaban J connectivity index is 1.92. The van der Waals surface area contributed by atoms with Crippen molar-refractivity contribution < 1.29 is 10.2 Å². The summed E-state index contributed by atoms with van der Waals surface area (Å²) in [5.41, 5.74) is 2.27. The maximum absolute atomic E-state index is 10.8. The summed E-state index contributed by atoms with van der Waals surface area (Å²) in [4.78, 5) is 0. The molecule has 2 aromatic carbocycles. The van der Waals surface area contributed by atoms with Gasteiger partial charge in [-0.1, -0.05) is 25.1 Å². The average molecular weight is 282 g/mol. The molecule has 0 bridgehead atoms. The van der Waals surface area contributed by atoms with Crippen molar-refractivity contribution in [2.75, 3.05) is 0 Å². The lowest BCUT2D eigenvalue weighted by Gasteiger charge is -2.45. The lowest BCUT2D eigenvalue weighted by molar-refractivity contribution is -0.0494. The first kappa shape index (κ1) is 13.1. The van der Waals surface area contributed by atoms with E-state index in [0.717, 1.165) is 31.1 Å². The standard InChI is InChI=1S/C19H22O2/c1-18-9-7-15-14-6-4-13(20)11-12(14)3-5-16(15)17(18)8-10-19(18,2)21/h3-6,11,17,20-21H,7-10H2,1-2H3/t17?,18-,19-/m0/s1. The van der Waals surface area contributed by atoms with E-state index in [2.05, 4.69) is 19.1 Å². The van der Waals surface area contributed by atoms with E-state index in [1.165, 1.54) is 16.5 Å². The van der Waals surface area contributed by atoms with Gasteiger partial charge in [-0.2, -0.15) is 0 Å². The van der Waals surface area contributed by atoms with E-state index in [1.54, 1.807) is 6.07 Å². The third kappa shape index (κ3) is 1.63. The van der Waals surface area contributed by atoms with Gasteiger partial charge in [0.25, 0.3) is 0 Å². The minimum atomic E-state index is -0.556. The number of benzene rings is 2. The van der Waals surface area contributed by atoms with Crippen LogP contribution in [0, 0.1) is 5.41 Å². The highest BCUT2D eigenvalue weighted by Gasteiger charge is 2.55. The highest BCUT2D eigenvalue weighted by molar-refractivity contribution is 5.88. The fourth-order valence-electron chi connectivity index (χ4n) is 4.74. The molecule has 1 saturated carbocycles. The molecule has 2 aliphatic carbocycles. The van der Waals surface area contributed by atoms with Crippen molar-refractivity contribution in [1.29, 1.82) is 0 Å². The van der Waals surface area contributed by atoms with E-state index in [-0.39, 0.29) is 5.41 Å². The largest absolute Gasteiger partial charge is 0.508 e. The molecule has 2 N–H and O–H groups in total. The molecule has 0 aromatic heterocycles. The summed E-state index contributed by atoms with van der Waals surface area (Å²) in [7, 11) is 0. The maximum Gasteiger partial charge on any atom is 0.116 e. The Morgan fingerprint density at radius 2 is 1.90 bits per heavy atom. The number of hydrogen-bond donors (Lipinski definition) is 2. The molecule has 1 unspecified atom stereocenters. The lowest BCUT2D eigenvalue weighted by Crippen LogP contribution is -2.44. The van der Waals surface area contributed by atoms with Gasteiger partial charge in [0.2, 0.25) is 0 Å². The van der Waals surface area contributed by atoms with Crippen LogP contribution >= 0.6 is 0 Å². The lowest BCUT2D eigenvalue weighted by atomic mass is 9.62. The van der Waals surface area contributed by atoms with E-state index >= 15 is 0 Å². The molecule has 1 fully saturated rings. The maximum atomic E-state index is 10.8. The molecule has 4 rings (SSSR count). The molecule has 0 aliphatic heterocycles. The number of rotatable bonds is 0. The molecule has 2 nitrogen and oxygen atoms in total. The first-order valence-electron chi connectivity index (χ1n) is 7.89. The van der Waals surface area contributed by atoms with Crippen molar-refractivity contribution in [3.63, 3.8) is 0 Å². The van der Waals surface area contributed by atoms with Crippen LogP contribution in [0.2, 0.25) is 0 Å². The van der Waals surface area contributed by atoms with Gasteiger partial charge in [0.05, 0.1) is 5.60 Å². The first-order valence-corrected chi connectivity index (χ1v) is 7.89. The molecular formula is C19H22O2. The molecule has 110 valence electrons. The van der Waals surface area contributed by atoms with Crippen molar-refractivity contribution >= 4 is 10.8 Å². The first-order chi connectivity index (χ1) is 9.92. The molecule has 2 aromatic rings. The summed E-state index contributed by atoms with van der Waals surface area (Å²) in [6.07, 6.45) is 4.01. The van der Waals surface area contributed by atoms with Crippen molar-refractivity contribution in [2.45, 2.75) is 51.0 Å². The second-order valence-corrected chi connectivity index (χ2v) is 7.32. The van der Waals surface area contributed by atoms with Crippen LogP contribution < -0.4 is 0 Å². The van der Waals surface area contributed by atoms with Crippen molar-refractivity contribution in [1.82, 2.24) is 0 Å². The normalized spacial score (nSPS) is 34.7. The van der Waals surface area contributed by atoms with E-state index < -0.39 is 5.60 Å². The molecule has 0 saturated heterocycles. The Morgan fingerprint density at radius 3 is 2.71 bits per heavy atom. The van der Waals surface area contributed by atoms with Gasteiger partial charge in [-0.3, -0.25) is 0 Å². The number of phenols is 1. The van der Waals surface area contributed by atoms with Gasteiger partial charge in [0.1, 0.15) is 5.75 Å². The van der Waals surface area contributed by atoms with E-state index in [1.807, 2.05) is 19.1 Å². The van der Waals surface area contributed by atoms with Gasteiger partial charge in [-0.25, -0.2) is 0 Å². The zero-order valence-corrected chi connectivity index (χ0v) is 12.7. The van der Waals surface area contributed by atoms with Gasteiger partial charge < -0.3 is 10.2 Å². The molecule has 0 amide bonds. The molecule has 3 atom stereocenters. The summed E-state index contributed by atoms with van der Waals surface area (Å²) in [5.74, 6) is 0.779. The Labute approximate surface area is 125 Å². The second-order valence-electron chi connectivity index (χ2n) is 7.32. The topological polar surface area (TPSA) is 40.5 Å². The van der Waals surface area contributed by atoms with Gasteiger partial charge in [0.15, 0.2) is 0 Å². The summed E-state index contributed by atoms with van der Waals surface area (Å²) < 4.78 is 0. The Bertz CT molecular complexity index is 732. The van der Waals surface area contributed by atoms with E-state index in [9.17, 15) is 10.2 Å². The minimum absolute atomic E-state index is 0.00933. The molecule has 0 radical (unpaired) electrons. The fourth-order valence-corrected chi connectivity index (χ4v) is 4.74. The van der Waals surface area contributed by atoms with Gasteiger partial charge >= 0.3 is 0 Å². The van der Waals surface area contributed by atoms with Crippen LogP contribution in [-0.4, -0.2) is 15.8 Å². The van der Waals surface area contributed by atoms with Gasteiger partial charge in [0, 0.05) is 5.41 Å². The number of phenolic OH excluding ortho intramolecular Hbond substituents is 1. The third-order valence-corrected chi connectivity index (χ3v) is 6.34. The zero-order valence-electron chi connectivity index (χ0n) is 12.7. The molecule has 0 heterocycles. The van der Waals surface area contributed by atoms with E-state index in [4.69, 9.17) is 0 Å². The molecule has 0 spiro atoms. The summed E-state index contributed by atoms with van der Waals surface area (Å²) >= 11 is 0. The number of aliphatic hydroxyl groups is 1. The fraction of sp³-hybridized carbons (Fsp3) is 0.474. The van der Waals surface area contributed by atoms with Crippen molar-refractivity contribution in [2.24, 2.45) is 5.41 Å². The highest BCUT2D eigenvalue weighted by atomic mass is 16.3. The second kappa shape index (κ2) is 4.01. The molecule has 2 heteroatoms. The number of hydrogen-bond acceptors (Lipinski definition) is 2. The Kier molecular flexibility index (Phi) is 2.51. The van der Waals surface area contributed by atoms with E-state index in [0.29, 0.717) is 11.7 Å². The monoisotopic (exact) mass is 282 g/mol. The van der Waals surface area contributed by atoms with Crippen LogP contribution in [0.4, 0.5) is 0 Å². The van der Waals surface area contributed by atoms with Gasteiger partial charge in [-0.05, 0) is 72.6 Å². The molecular weight excluding hydrogens is 260 g/mol. The third-order valence-electron chi connectivity index (χ3n) is 6.34. The van der Waals surface area contributed by atoms with Crippen LogP contribution in [-0.2, 0) is 6.42 Å². The van der Waals surface area contributed by atoms with Crippen LogP contribution in [0.5, 0.6) is 5.75 Å². The van der Waals surface area contributed by atoms with Crippen LogP contribution in [0.1, 0.15) is 50.2 Å². The summed E-state index contributed by atoms with van der Waals surface area (Å²) in [6.45, 7) is 4.27. The molecule has 2 aliphatic rings. The number of aromatic hydroxyl groups is 1. The Morgan fingerprint density at radius 1 is 1.10 bits per heavy atom. The minimum Gasteiger partial charge on any atom is -0.508 e. The Hall–Kier alpha value is -1.54. The van der Waals surface area contributed by atoms with Crippen molar-refractivity contribution in [3.05, 3.63) is 41.5 Å². The number of fused-ring (bicyclic) bond motifs is 5. The van der Waals surface area contributed by atoms with Crippen LogP contribution in [0.25, 0.3) is 10.8 Å². The summed E-state index contributed by atoms with van der Waals surface area (Å²) in [6, 6.07) is 10.0. The SMILES string of the molecule is C[C@]1(O)CCC2c3ccc4cc(O)ccc4c3CC[C@@]21C. The summed E-state index contributed by atoms with van der Waals surface area (Å²) in [5, 5.41) is 22.8. The molecule has 21 heavy (non-hydrogen) atoms. The van der Waals surface area contributed by atoms with Gasteiger partial charge in [-0.15, -0.1) is 0 Å². The van der Waals surface area contributed by atoms with Crippen LogP contribution in [0.3, 0.4) is 0 Å². The number of aryl methyl sites for hydroxylation is 1.